The Balaban J connectivity index is 2.64. The number of amides is 1. The number of carbonyl (C=O) groups is 2. The largest absolute Gasteiger partial charge is 0.480 e. The summed E-state index contributed by atoms with van der Waals surface area (Å²) in [5, 5.41) is 12.6. The number of hydrogen-bond donors (Lipinski definition) is 2. The molecule has 0 radical (unpaired) electrons. The predicted molar refractivity (Wildman–Crippen MR) is 65.3 cm³/mol. The molecule has 1 heterocycles. The monoisotopic (exact) mass is 292 g/mol. The van der Waals surface area contributed by atoms with Crippen LogP contribution in [0.2, 0.25) is 0 Å². The van der Waals surface area contributed by atoms with Crippen molar-refractivity contribution in [2.75, 3.05) is 12.0 Å². The molecule has 7 nitrogen and oxygen atoms in total. The molecule has 0 bridgehead atoms. The van der Waals surface area contributed by atoms with Crippen LogP contribution in [0.15, 0.2) is 10.9 Å². The molecule has 1 unspecified atom stereocenters. The van der Waals surface area contributed by atoms with Crippen molar-refractivity contribution in [3.8, 4) is 0 Å². The summed E-state index contributed by atoms with van der Waals surface area (Å²) >= 11 is 1.21. The van der Waals surface area contributed by atoms with Crippen molar-refractivity contribution in [3.63, 3.8) is 0 Å². The number of carbonyl (C=O) groups excluding carboxylic acids is 1. The molecule has 0 aliphatic heterocycles. The average Bonchev–Trinajstić information content (AvgIpc) is 2.75. The molecule has 18 heavy (non-hydrogen) atoms. The Labute approximate surface area is 108 Å². The number of nitrogens with zero attached hydrogens (tertiary/aromatic N) is 1. The van der Waals surface area contributed by atoms with Crippen molar-refractivity contribution in [3.05, 3.63) is 16.6 Å². The van der Waals surface area contributed by atoms with Gasteiger partial charge in [0.1, 0.15) is 21.6 Å². The lowest BCUT2D eigenvalue weighted by Gasteiger charge is -2.12. The molecule has 9 heteroatoms. The summed E-state index contributed by atoms with van der Waals surface area (Å²) in [6.07, 6.45) is 0.832. The third-order valence-electron chi connectivity index (χ3n) is 2.05. The first-order valence-corrected chi connectivity index (χ1v) is 7.89. The highest BCUT2D eigenvalue weighted by atomic mass is 32.2. The lowest BCUT2D eigenvalue weighted by atomic mass is 10.2. The molecule has 1 amide bonds. The van der Waals surface area contributed by atoms with E-state index in [9.17, 15) is 18.0 Å². The highest BCUT2D eigenvalue weighted by Crippen LogP contribution is 2.03. The van der Waals surface area contributed by atoms with Crippen LogP contribution in [-0.2, 0) is 14.6 Å². The van der Waals surface area contributed by atoms with Gasteiger partial charge in [0.05, 0.1) is 11.3 Å². The molecule has 100 valence electrons. The van der Waals surface area contributed by atoms with Crippen molar-refractivity contribution >= 4 is 33.1 Å². The van der Waals surface area contributed by atoms with Crippen LogP contribution in [0.3, 0.4) is 0 Å². The van der Waals surface area contributed by atoms with Gasteiger partial charge in [0, 0.05) is 11.6 Å². The zero-order valence-electron chi connectivity index (χ0n) is 9.49. The predicted octanol–water partition coefficient (Wildman–Crippen LogP) is -0.239. The minimum absolute atomic E-state index is 0.116. The van der Waals surface area contributed by atoms with E-state index in [0.29, 0.717) is 0 Å². The number of carboxylic acids is 1. The average molecular weight is 292 g/mol. The molecule has 0 aromatic carbocycles. The second-order valence-corrected chi connectivity index (χ2v) is 6.63. The third-order valence-corrected chi connectivity index (χ3v) is 3.61. The maximum Gasteiger partial charge on any atom is 0.326 e. The molecule has 0 fully saturated rings. The minimum atomic E-state index is -3.27. The van der Waals surface area contributed by atoms with Crippen LogP contribution in [0, 0.1) is 0 Å². The topological polar surface area (TPSA) is 113 Å². The van der Waals surface area contributed by atoms with Gasteiger partial charge in [0.15, 0.2) is 0 Å². The molecule has 0 aliphatic rings. The number of aliphatic carboxylic acids is 1. The third kappa shape index (κ3) is 4.80. The van der Waals surface area contributed by atoms with Crippen LogP contribution in [0.25, 0.3) is 0 Å². The molecule has 0 saturated heterocycles. The van der Waals surface area contributed by atoms with Crippen LogP contribution >= 0.6 is 11.3 Å². The van der Waals surface area contributed by atoms with Crippen molar-refractivity contribution in [1.82, 2.24) is 10.3 Å². The summed E-state index contributed by atoms with van der Waals surface area (Å²) in [7, 11) is -3.27. The van der Waals surface area contributed by atoms with Crippen LogP contribution < -0.4 is 5.32 Å². The molecule has 1 aromatic heterocycles. The quantitative estimate of drug-likeness (QED) is 0.748. The molecule has 0 spiro atoms. The number of rotatable bonds is 6. The fourth-order valence-corrected chi connectivity index (χ4v) is 2.34. The summed E-state index contributed by atoms with van der Waals surface area (Å²) in [6.45, 7) is 0. The van der Waals surface area contributed by atoms with Gasteiger partial charge in [-0.1, -0.05) is 0 Å². The van der Waals surface area contributed by atoms with E-state index in [0.717, 1.165) is 6.26 Å². The Bertz CT molecular complexity index is 523. The number of carboxylic acid groups (broad SMARTS) is 1. The summed E-state index contributed by atoms with van der Waals surface area (Å²) in [4.78, 5) is 26.2. The maximum absolute atomic E-state index is 11.6. The Morgan fingerprint density at radius 1 is 1.56 bits per heavy atom. The molecule has 1 aromatic rings. The molecule has 1 atom stereocenters. The molecule has 2 N–H and O–H groups in total. The Kier molecular flexibility index (Phi) is 4.79. The van der Waals surface area contributed by atoms with Crippen LogP contribution in [0.1, 0.15) is 16.9 Å². The van der Waals surface area contributed by atoms with Gasteiger partial charge >= 0.3 is 5.97 Å². The van der Waals surface area contributed by atoms with E-state index >= 15 is 0 Å². The Morgan fingerprint density at radius 3 is 2.67 bits per heavy atom. The van der Waals surface area contributed by atoms with Crippen LogP contribution in [-0.4, -0.2) is 48.4 Å². The lowest BCUT2D eigenvalue weighted by Crippen LogP contribution is -2.42. The number of nitrogens with one attached hydrogen (secondary N) is 1. The first-order chi connectivity index (χ1) is 8.29. The van der Waals surface area contributed by atoms with Crippen LogP contribution in [0.5, 0.6) is 0 Å². The first kappa shape index (κ1) is 14.6. The van der Waals surface area contributed by atoms with Gasteiger partial charge in [-0.3, -0.25) is 4.79 Å². The smallest absolute Gasteiger partial charge is 0.326 e. The van der Waals surface area contributed by atoms with E-state index < -0.39 is 27.8 Å². The SMILES string of the molecule is CS(=O)(=O)CCC(NC(=O)c1cscn1)C(=O)O. The van der Waals surface area contributed by atoms with Gasteiger partial charge < -0.3 is 10.4 Å². The molecule has 0 saturated carbocycles. The normalized spacial score (nSPS) is 12.9. The van der Waals surface area contributed by atoms with Gasteiger partial charge in [-0.15, -0.1) is 11.3 Å². The van der Waals surface area contributed by atoms with Gasteiger partial charge in [-0.05, 0) is 6.42 Å². The fraction of sp³-hybridized carbons (Fsp3) is 0.444. The maximum atomic E-state index is 11.6. The van der Waals surface area contributed by atoms with Gasteiger partial charge in [-0.25, -0.2) is 18.2 Å². The fourth-order valence-electron chi connectivity index (χ4n) is 1.15. The van der Waals surface area contributed by atoms with Crippen molar-refractivity contribution in [2.45, 2.75) is 12.5 Å². The summed E-state index contributed by atoms with van der Waals surface area (Å²) in [6, 6.07) is -1.24. The number of thiazole rings is 1. The summed E-state index contributed by atoms with van der Waals surface area (Å²) in [5.41, 5.74) is 1.56. The van der Waals surface area contributed by atoms with E-state index in [1.807, 2.05) is 0 Å². The van der Waals surface area contributed by atoms with Gasteiger partial charge in [-0.2, -0.15) is 0 Å². The molecular formula is C9H12N2O5S2. The van der Waals surface area contributed by atoms with E-state index in [-0.39, 0.29) is 17.9 Å². The first-order valence-electron chi connectivity index (χ1n) is 4.89. The van der Waals surface area contributed by atoms with E-state index in [1.165, 1.54) is 22.2 Å². The van der Waals surface area contributed by atoms with E-state index in [4.69, 9.17) is 5.11 Å². The number of sulfone groups is 1. The number of hydrogen-bond acceptors (Lipinski definition) is 6. The standard InChI is InChI=1S/C9H12N2O5S2/c1-18(15,16)3-2-6(9(13)14)11-8(12)7-4-17-5-10-7/h4-6H,2-3H2,1H3,(H,11,12)(H,13,14). The highest BCUT2D eigenvalue weighted by Gasteiger charge is 2.22. The van der Waals surface area contributed by atoms with E-state index in [1.54, 1.807) is 0 Å². The minimum Gasteiger partial charge on any atom is -0.480 e. The highest BCUT2D eigenvalue weighted by molar-refractivity contribution is 7.90. The zero-order valence-corrected chi connectivity index (χ0v) is 11.1. The molecular weight excluding hydrogens is 280 g/mol. The van der Waals surface area contributed by atoms with Crippen LogP contribution in [0.4, 0.5) is 0 Å². The van der Waals surface area contributed by atoms with Crippen molar-refractivity contribution in [1.29, 1.82) is 0 Å². The molecule has 0 aliphatic carbocycles. The molecule has 1 rings (SSSR count). The number of aromatic nitrogens is 1. The van der Waals surface area contributed by atoms with Crippen molar-refractivity contribution in [2.24, 2.45) is 0 Å². The Hall–Kier alpha value is -1.48. The van der Waals surface area contributed by atoms with Gasteiger partial charge in [0.25, 0.3) is 5.91 Å². The second-order valence-electron chi connectivity index (χ2n) is 3.66. The summed E-state index contributed by atoms with van der Waals surface area (Å²) < 4.78 is 21.9. The second kappa shape index (κ2) is 5.91. The summed E-state index contributed by atoms with van der Waals surface area (Å²) in [5.74, 6) is -2.21. The lowest BCUT2D eigenvalue weighted by molar-refractivity contribution is -0.139. The zero-order chi connectivity index (χ0) is 13.8. The van der Waals surface area contributed by atoms with E-state index in [2.05, 4.69) is 10.3 Å². The van der Waals surface area contributed by atoms with Gasteiger partial charge in [0.2, 0.25) is 0 Å². The Morgan fingerprint density at radius 2 is 2.22 bits per heavy atom. The van der Waals surface area contributed by atoms with Crippen molar-refractivity contribution < 1.29 is 23.1 Å².